The summed E-state index contributed by atoms with van der Waals surface area (Å²) in [6, 6.07) is 76.4. The van der Waals surface area contributed by atoms with E-state index in [0.717, 1.165) is 11.4 Å². The zero-order chi connectivity index (χ0) is 37.9. The third kappa shape index (κ3) is 4.34. The molecule has 0 spiro atoms. The van der Waals surface area contributed by atoms with Crippen LogP contribution in [-0.2, 0) is 0 Å². The Morgan fingerprint density at radius 1 is 0.293 bits per heavy atom. The number of para-hydroxylation sites is 4. The minimum atomic E-state index is 0.00852. The summed E-state index contributed by atoms with van der Waals surface area (Å²) in [4.78, 5) is 2.61. The van der Waals surface area contributed by atoms with Crippen molar-refractivity contribution in [2.75, 3.05) is 4.81 Å². The number of anilines is 2. The second kappa shape index (κ2) is 12.0. The molecule has 0 saturated carbocycles. The van der Waals surface area contributed by atoms with Gasteiger partial charge in [-0.15, -0.1) is 0 Å². The molecule has 0 amide bonds. The molecule has 0 bridgehead atoms. The van der Waals surface area contributed by atoms with Crippen molar-refractivity contribution in [3.63, 3.8) is 0 Å². The second-order valence-electron chi connectivity index (χ2n) is 15.7. The summed E-state index contributed by atoms with van der Waals surface area (Å²) in [6.07, 6.45) is 0. The van der Waals surface area contributed by atoms with Gasteiger partial charge in [0.05, 0.1) is 22.1 Å². The molecular weight excluding hydrogens is 701 g/mol. The van der Waals surface area contributed by atoms with E-state index in [0.29, 0.717) is 0 Å². The van der Waals surface area contributed by atoms with Crippen molar-refractivity contribution in [3.05, 3.63) is 206 Å². The van der Waals surface area contributed by atoms with Crippen molar-refractivity contribution >= 4 is 72.8 Å². The van der Waals surface area contributed by atoms with E-state index in [9.17, 15) is 0 Å². The largest absolute Gasteiger partial charge is 0.376 e. The Morgan fingerprint density at radius 2 is 0.741 bits per heavy atom. The maximum Gasteiger partial charge on any atom is 0.329 e. The molecule has 0 radical (unpaired) electrons. The number of hydrogen-bond acceptors (Lipinski definition) is 1. The minimum Gasteiger partial charge on any atom is -0.376 e. The highest BCUT2D eigenvalue weighted by Gasteiger charge is 2.42. The molecule has 0 N–H and O–H groups in total. The van der Waals surface area contributed by atoms with E-state index in [1.54, 1.807) is 0 Å². The first-order valence-corrected chi connectivity index (χ1v) is 20.1. The Hall–Kier alpha value is -7.56. The van der Waals surface area contributed by atoms with Crippen LogP contribution in [0.5, 0.6) is 0 Å². The Kier molecular flexibility index (Phi) is 6.53. The van der Waals surface area contributed by atoms with E-state index < -0.39 is 0 Å². The lowest BCUT2D eigenvalue weighted by Crippen LogP contribution is -2.59. The van der Waals surface area contributed by atoms with Gasteiger partial charge >= 0.3 is 6.85 Å². The average Bonchev–Trinajstić information content (AvgIpc) is 3.82. The molecule has 58 heavy (non-hydrogen) atoms. The molecule has 0 saturated heterocycles. The Bertz CT molecular complexity index is 3380. The van der Waals surface area contributed by atoms with Crippen molar-refractivity contribution in [3.8, 4) is 44.8 Å². The Balaban J connectivity index is 1.08. The molecule has 0 atom stereocenters. The van der Waals surface area contributed by atoms with E-state index in [1.807, 2.05) is 0 Å². The smallest absolute Gasteiger partial charge is 0.329 e. The number of benzene rings is 9. The predicted molar refractivity (Wildman–Crippen MR) is 245 cm³/mol. The lowest BCUT2D eigenvalue weighted by Gasteiger charge is -2.43. The number of fused-ring (bicyclic) bond motifs is 17. The number of hydrogen-bond donors (Lipinski definition) is 0. The highest BCUT2D eigenvalue weighted by molar-refractivity contribution is 6.92. The maximum absolute atomic E-state index is 2.61. The standard InChI is InChI=1S/C54H34BN3/c1-2-14-35(15-3-1)36-26-29-48-44(32-36)46-34-38(57-51-24-12-7-19-42(51)43-20-8-13-25-52(43)57)28-31-54(46)58-53-30-27-37(33-45(53)39-16-4-9-21-47(39)55(48)58)56-49-22-10-5-17-40(49)41-18-6-11-23-50(41)56/h1-34H. The van der Waals surface area contributed by atoms with Gasteiger partial charge in [-0.3, -0.25) is 0 Å². The lowest BCUT2D eigenvalue weighted by atomic mass is 9.43. The van der Waals surface area contributed by atoms with Crippen molar-refractivity contribution < 1.29 is 0 Å². The summed E-state index contributed by atoms with van der Waals surface area (Å²) in [6.45, 7) is 0.00852. The first kappa shape index (κ1) is 31.6. The van der Waals surface area contributed by atoms with Gasteiger partial charge < -0.3 is 13.9 Å². The first-order chi connectivity index (χ1) is 28.8. The predicted octanol–water partition coefficient (Wildman–Crippen LogP) is 12.5. The Morgan fingerprint density at radius 3 is 1.29 bits per heavy atom. The van der Waals surface area contributed by atoms with Gasteiger partial charge in [0.25, 0.3) is 0 Å². The molecule has 0 unspecified atom stereocenters. The fraction of sp³-hybridized carbons (Fsp3) is 0. The van der Waals surface area contributed by atoms with Crippen molar-refractivity contribution in [2.45, 2.75) is 0 Å². The summed E-state index contributed by atoms with van der Waals surface area (Å²) in [5.74, 6) is 0. The fourth-order valence-corrected chi connectivity index (χ4v) is 10.3. The SMILES string of the molecule is c1ccc(-c2ccc3c(c2)-c2cc(-n4c5ccccc5c5ccccc54)ccc2N2B3c3ccccc3-c3cc(-n4c5ccccc5c5ccccc54)ccc32)cc1. The highest BCUT2D eigenvalue weighted by atomic mass is 15.1. The van der Waals surface area contributed by atoms with E-state index in [4.69, 9.17) is 0 Å². The van der Waals surface area contributed by atoms with Crippen LogP contribution in [-0.4, -0.2) is 16.0 Å². The summed E-state index contributed by atoms with van der Waals surface area (Å²) in [7, 11) is 0. The molecule has 0 fully saturated rings. The van der Waals surface area contributed by atoms with E-state index in [2.05, 4.69) is 220 Å². The number of aromatic nitrogens is 2. The zero-order valence-corrected chi connectivity index (χ0v) is 31.5. The molecule has 3 nitrogen and oxygen atoms in total. The van der Waals surface area contributed by atoms with Gasteiger partial charge in [-0.1, -0.05) is 140 Å². The van der Waals surface area contributed by atoms with Crippen LogP contribution < -0.4 is 15.7 Å². The van der Waals surface area contributed by atoms with Crippen molar-refractivity contribution in [1.29, 1.82) is 0 Å². The number of rotatable bonds is 3. The van der Waals surface area contributed by atoms with Crippen molar-refractivity contribution in [2.24, 2.45) is 0 Å². The third-order valence-electron chi connectivity index (χ3n) is 12.7. The summed E-state index contributed by atoms with van der Waals surface area (Å²) < 4.78 is 4.87. The van der Waals surface area contributed by atoms with Gasteiger partial charge in [0.15, 0.2) is 0 Å². The van der Waals surface area contributed by atoms with Crippen LogP contribution in [0, 0.1) is 0 Å². The van der Waals surface area contributed by atoms with Crippen LogP contribution in [0.2, 0.25) is 0 Å². The Labute approximate surface area is 336 Å². The van der Waals surface area contributed by atoms with Crippen molar-refractivity contribution in [1.82, 2.24) is 9.13 Å². The van der Waals surface area contributed by atoms with Crippen LogP contribution in [0.1, 0.15) is 0 Å². The second-order valence-corrected chi connectivity index (χ2v) is 15.7. The van der Waals surface area contributed by atoms with Crippen LogP contribution in [0.15, 0.2) is 206 Å². The summed E-state index contributed by atoms with van der Waals surface area (Å²) in [5.41, 5.74) is 19.7. The van der Waals surface area contributed by atoms with Gasteiger partial charge in [-0.05, 0) is 99.9 Å². The van der Waals surface area contributed by atoms with Crippen LogP contribution in [0.25, 0.3) is 88.4 Å². The van der Waals surface area contributed by atoms with E-state index >= 15 is 0 Å². The molecule has 2 aliphatic heterocycles. The molecule has 4 heterocycles. The van der Waals surface area contributed by atoms with Crippen LogP contribution >= 0.6 is 0 Å². The maximum atomic E-state index is 2.61. The molecule has 268 valence electrons. The molecule has 2 aliphatic rings. The molecule has 9 aromatic carbocycles. The average molecular weight is 736 g/mol. The number of nitrogens with zero attached hydrogens (tertiary/aromatic N) is 3. The molecule has 11 aromatic rings. The molecule has 0 aliphatic carbocycles. The summed E-state index contributed by atoms with van der Waals surface area (Å²) >= 11 is 0. The molecular formula is C54H34BN3. The monoisotopic (exact) mass is 735 g/mol. The normalized spacial score (nSPS) is 12.8. The van der Waals surface area contributed by atoms with Crippen LogP contribution in [0.3, 0.4) is 0 Å². The molecule has 4 heteroatoms. The quantitative estimate of drug-likeness (QED) is 0.165. The van der Waals surface area contributed by atoms with Gasteiger partial charge in [0.1, 0.15) is 0 Å². The fourth-order valence-electron chi connectivity index (χ4n) is 10.3. The molecule has 13 rings (SSSR count). The third-order valence-corrected chi connectivity index (χ3v) is 12.7. The topological polar surface area (TPSA) is 13.1 Å². The molecule has 2 aromatic heterocycles. The van der Waals surface area contributed by atoms with Gasteiger partial charge in [-0.25, -0.2) is 0 Å². The van der Waals surface area contributed by atoms with E-state index in [1.165, 1.54) is 99.3 Å². The summed E-state index contributed by atoms with van der Waals surface area (Å²) in [5, 5.41) is 5.07. The zero-order valence-electron chi connectivity index (χ0n) is 31.5. The van der Waals surface area contributed by atoms with Crippen LogP contribution in [0.4, 0.5) is 11.4 Å². The first-order valence-electron chi connectivity index (χ1n) is 20.1. The van der Waals surface area contributed by atoms with Gasteiger partial charge in [0.2, 0.25) is 0 Å². The lowest BCUT2D eigenvalue weighted by molar-refractivity contribution is 1.17. The highest BCUT2D eigenvalue weighted by Crippen LogP contribution is 2.48. The van der Waals surface area contributed by atoms with Gasteiger partial charge in [-0.2, -0.15) is 0 Å². The minimum absolute atomic E-state index is 0.00852. The van der Waals surface area contributed by atoms with Gasteiger partial charge in [0, 0.05) is 55.4 Å². The van der Waals surface area contributed by atoms with E-state index in [-0.39, 0.29) is 6.85 Å².